The van der Waals surface area contributed by atoms with Crippen LogP contribution < -0.4 is 9.75 Å². The van der Waals surface area contributed by atoms with E-state index in [1.165, 1.54) is 0 Å². The van der Waals surface area contributed by atoms with Crippen molar-refractivity contribution in [3.05, 3.63) is 117 Å². The number of ether oxygens (including phenoxy) is 1. The molecule has 0 radical (unpaired) electrons. The minimum absolute atomic E-state index is 0.0499. The SMILES string of the molecule is COc1ccc(C2=NN(c3nc(-c4ccccc4)c4cc(Br)ccc4n3)[C@@H](c3cccc(Br)c3)C2)cc1. The molecule has 1 atom stereocenters. The van der Waals surface area contributed by atoms with Crippen LogP contribution in [0.15, 0.2) is 111 Å². The molecule has 4 aromatic carbocycles. The summed E-state index contributed by atoms with van der Waals surface area (Å²) in [4.78, 5) is 10.1. The topological polar surface area (TPSA) is 50.6 Å². The first kappa shape index (κ1) is 23.8. The molecule has 1 aliphatic heterocycles. The summed E-state index contributed by atoms with van der Waals surface area (Å²) in [7, 11) is 1.67. The Morgan fingerprint density at radius 2 is 1.57 bits per heavy atom. The van der Waals surface area contributed by atoms with E-state index in [1.807, 2.05) is 65.7 Å². The third kappa shape index (κ3) is 4.77. The maximum Gasteiger partial charge on any atom is 0.247 e. The smallest absolute Gasteiger partial charge is 0.247 e. The lowest BCUT2D eigenvalue weighted by atomic mass is 9.98. The van der Waals surface area contributed by atoms with Gasteiger partial charge in [0.1, 0.15) is 5.75 Å². The zero-order valence-electron chi connectivity index (χ0n) is 20.0. The summed E-state index contributed by atoms with van der Waals surface area (Å²) in [5.74, 6) is 1.39. The maximum absolute atomic E-state index is 5.35. The van der Waals surface area contributed by atoms with Gasteiger partial charge < -0.3 is 4.74 Å². The largest absolute Gasteiger partial charge is 0.497 e. The van der Waals surface area contributed by atoms with Gasteiger partial charge in [-0.1, -0.05) is 74.3 Å². The summed E-state index contributed by atoms with van der Waals surface area (Å²) in [6.45, 7) is 0. The number of aromatic nitrogens is 2. The number of methoxy groups -OCH3 is 1. The van der Waals surface area contributed by atoms with Gasteiger partial charge in [0.2, 0.25) is 5.95 Å². The van der Waals surface area contributed by atoms with Crippen LogP contribution in [-0.2, 0) is 0 Å². The second kappa shape index (κ2) is 10.1. The highest BCUT2D eigenvalue weighted by molar-refractivity contribution is 9.10. The van der Waals surface area contributed by atoms with Gasteiger partial charge in [-0.3, -0.25) is 0 Å². The molecule has 182 valence electrons. The van der Waals surface area contributed by atoms with Crippen LogP contribution in [0.3, 0.4) is 0 Å². The van der Waals surface area contributed by atoms with E-state index < -0.39 is 0 Å². The van der Waals surface area contributed by atoms with Crippen LogP contribution >= 0.6 is 31.9 Å². The van der Waals surface area contributed by atoms with Crippen LogP contribution in [0, 0.1) is 0 Å². The predicted molar refractivity (Wildman–Crippen MR) is 156 cm³/mol. The number of anilines is 1. The molecule has 0 spiro atoms. The second-order valence-electron chi connectivity index (χ2n) is 8.79. The standard InChI is InChI=1S/C30H22Br2N4O/c1-37-24-13-10-19(11-14-24)27-18-28(21-8-5-9-22(31)16-21)36(35-27)30-33-26-15-12-23(32)17-25(26)29(34-30)20-6-3-2-4-7-20/h2-17,28H,18H2,1H3/t28-/m1/s1. The fourth-order valence-electron chi connectivity index (χ4n) is 4.63. The van der Waals surface area contributed by atoms with Gasteiger partial charge in [-0.2, -0.15) is 5.10 Å². The van der Waals surface area contributed by atoms with Crippen LogP contribution in [0.2, 0.25) is 0 Å². The Bertz CT molecular complexity index is 1620. The molecule has 7 heteroatoms. The van der Waals surface area contributed by atoms with Gasteiger partial charge in [0.25, 0.3) is 0 Å². The van der Waals surface area contributed by atoms with E-state index in [2.05, 4.69) is 68.3 Å². The molecular weight excluding hydrogens is 592 g/mol. The Labute approximate surface area is 232 Å². The van der Waals surface area contributed by atoms with Crippen molar-refractivity contribution in [1.29, 1.82) is 0 Å². The Kier molecular flexibility index (Phi) is 6.49. The number of hydrazone groups is 1. The molecule has 0 aliphatic carbocycles. The summed E-state index contributed by atoms with van der Waals surface area (Å²) < 4.78 is 7.36. The zero-order chi connectivity index (χ0) is 25.4. The van der Waals surface area contributed by atoms with E-state index >= 15 is 0 Å². The monoisotopic (exact) mass is 612 g/mol. The summed E-state index contributed by atoms with van der Waals surface area (Å²) in [6.07, 6.45) is 0.727. The Balaban J connectivity index is 1.52. The predicted octanol–water partition coefficient (Wildman–Crippen LogP) is 8.19. The zero-order valence-corrected chi connectivity index (χ0v) is 23.1. The quantitative estimate of drug-likeness (QED) is 0.200. The Morgan fingerprint density at radius 1 is 0.784 bits per heavy atom. The van der Waals surface area contributed by atoms with Crippen molar-refractivity contribution in [3.63, 3.8) is 0 Å². The molecule has 5 aromatic rings. The highest BCUT2D eigenvalue weighted by Gasteiger charge is 2.32. The number of hydrogen-bond donors (Lipinski definition) is 0. The molecule has 0 amide bonds. The van der Waals surface area contributed by atoms with E-state index in [1.54, 1.807) is 7.11 Å². The summed E-state index contributed by atoms with van der Waals surface area (Å²) >= 11 is 7.25. The number of nitrogens with zero attached hydrogens (tertiary/aromatic N) is 4. The molecule has 0 unspecified atom stereocenters. The number of halogens is 2. The third-order valence-corrected chi connectivity index (χ3v) is 7.45. The first-order valence-corrected chi connectivity index (χ1v) is 13.5. The van der Waals surface area contributed by atoms with E-state index in [0.717, 1.165) is 60.1 Å². The average Bonchev–Trinajstić information content (AvgIpc) is 3.39. The van der Waals surface area contributed by atoms with Crippen LogP contribution in [0.1, 0.15) is 23.6 Å². The summed E-state index contributed by atoms with van der Waals surface area (Å²) in [5.41, 5.74) is 5.95. The fraction of sp³-hybridized carbons (Fsp3) is 0.100. The molecule has 0 bridgehead atoms. The molecule has 1 aromatic heterocycles. The highest BCUT2D eigenvalue weighted by atomic mass is 79.9. The first-order valence-electron chi connectivity index (χ1n) is 11.9. The van der Waals surface area contributed by atoms with Crippen LogP contribution in [-0.4, -0.2) is 22.8 Å². The van der Waals surface area contributed by atoms with Gasteiger partial charge in [-0.25, -0.2) is 15.0 Å². The number of fused-ring (bicyclic) bond motifs is 1. The fourth-order valence-corrected chi connectivity index (χ4v) is 5.41. The van der Waals surface area contributed by atoms with E-state index in [0.29, 0.717) is 5.95 Å². The van der Waals surface area contributed by atoms with Crippen molar-refractivity contribution < 1.29 is 4.74 Å². The van der Waals surface area contributed by atoms with Crippen molar-refractivity contribution >= 4 is 54.4 Å². The van der Waals surface area contributed by atoms with Gasteiger partial charge >= 0.3 is 0 Å². The van der Waals surface area contributed by atoms with Gasteiger partial charge in [-0.05, 0) is 65.7 Å². The molecule has 0 saturated carbocycles. The van der Waals surface area contributed by atoms with E-state index in [9.17, 15) is 0 Å². The van der Waals surface area contributed by atoms with Crippen molar-refractivity contribution in [3.8, 4) is 17.0 Å². The molecule has 5 nitrogen and oxygen atoms in total. The number of benzene rings is 4. The van der Waals surface area contributed by atoms with Crippen molar-refractivity contribution in [2.75, 3.05) is 12.1 Å². The number of rotatable bonds is 5. The van der Waals surface area contributed by atoms with Crippen LogP contribution in [0.4, 0.5) is 5.95 Å². The Hall–Kier alpha value is -3.55. The lowest BCUT2D eigenvalue weighted by molar-refractivity contribution is 0.415. The highest BCUT2D eigenvalue weighted by Crippen LogP contribution is 2.38. The minimum Gasteiger partial charge on any atom is -0.497 e. The van der Waals surface area contributed by atoms with Crippen molar-refractivity contribution in [2.24, 2.45) is 5.10 Å². The van der Waals surface area contributed by atoms with Crippen molar-refractivity contribution in [1.82, 2.24) is 9.97 Å². The lowest BCUT2D eigenvalue weighted by Gasteiger charge is -2.23. The maximum atomic E-state index is 5.35. The normalized spacial score (nSPS) is 15.2. The van der Waals surface area contributed by atoms with E-state index in [4.69, 9.17) is 19.8 Å². The molecule has 2 heterocycles. The van der Waals surface area contributed by atoms with Gasteiger partial charge in [0.15, 0.2) is 0 Å². The van der Waals surface area contributed by atoms with Gasteiger partial charge in [-0.15, -0.1) is 0 Å². The summed E-state index contributed by atoms with van der Waals surface area (Å²) in [5, 5.41) is 8.05. The molecule has 37 heavy (non-hydrogen) atoms. The van der Waals surface area contributed by atoms with Gasteiger partial charge in [0.05, 0.1) is 30.1 Å². The van der Waals surface area contributed by atoms with Gasteiger partial charge in [0, 0.05) is 26.3 Å². The Morgan fingerprint density at radius 3 is 2.32 bits per heavy atom. The molecule has 6 rings (SSSR count). The van der Waals surface area contributed by atoms with Crippen LogP contribution in [0.25, 0.3) is 22.2 Å². The molecule has 0 fully saturated rings. The second-order valence-corrected chi connectivity index (χ2v) is 10.6. The first-order chi connectivity index (χ1) is 18.1. The molecular formula is C30H22Br2N4O. The summed E-state index contributed by atoms with van der Waals surface area (Å²) in [6, 6.07) is 32.7. The van der Waals surface area contributed by atoms with E-state index in [-0.39, 0.29) is 6.04 Å². The molecule has 1 aliphatic rings. The van der Waals surface area contributed by atoms with Crippen molar-refractivity contribution in [2.45, 2.75) is 12.5 Å². The average molecular weight is 614 g/mol. The third-order valence-electron chi connectivity index (χ3n) is 6.47. The molecule has 0 N–H and O–H groups in total. The minimum atomic E-state index is -0.0499. The molecule has 0 saturated heterocycles. The number of hydrogen-bond acceptors (Lipinski definition) is 5. The van der Waals surface area contributed by atoms with Crippen LogP contribution in [0.5, 0.6) is 5.75 Å². The lowest BCUT2D eigenvalue weighted by Crippen LogP contribution is -2.21.